The summed E-state index contributed by atoms with van der Waals surface area (Å²) in [5, 5.41) is 19.0. The molecule has 0 aliphatic rings. The quantitative estimate of drug-likeness (QED) is 0.645. The number of aromatic carboxylic acids is 1. The van der Waals surface area contributed by atoms with Crippen LogP contribution in [0.5, 0.6) is 5.75 Å². The standard InChI is InChI=1S/C11H25NO.C7H6O3/c1-3-5-7-11(4-2)10-13-9-6-8-12;8-6-4-2-1-3-5(6)7(9)10/h11H,3-10,12H2,1-2H3;1-4,8H,(H,9,10). The molecule has 4 N–H and O–H groups in total. The normalized spacial score (nSPS) is 11.4. The van der Waals surface area contributed by atoms with E-state index in [0.29, 0.717) is 0 Å². The second-order valence-corrected chi connectivity index (χ2v) is 5.50. The number of hydrogen-bond donors (Lipinski definition) is 2. The van der Waals surface area contributed by atoms with Crippen LogP contribution in [0.25, 0.3) is 0 Å². The number of carboxylic acid groups (broad SMARTS) is 1. The van der Waals surface area contributed by atoms with Gasteiger partial charge in [0.25, 0.3) is 0 Å². The minimum atomic E-state index is -1.18. The fraction of sp³-hybridized carbons (Fsp3) is 0.611. The Morgan fingerprint density at radius 3 is 2.48 bits per heavy atom. The van der Waals surface area contributed by atoms with Gasteiger partial charge in [-0.2, -0.15) is 0 Å². The molecular weight excluding hydrogens is 294 g/mol. The van der Waals surface area contributed by atoms with Crippen molar-refractivity contribution in [2.45, 2.75) is 46.0 Å². The van der Waals surface area contributed by atoms with E-state index in [1.54, 1.807) is 0 Å². The average molecular weight is 325 g/mol. The van der Waals surface area contributed by atoms with Crippen LogP contribution in [0, 0.1) is 5.92 Å². The SMILES string of the molecule is CCCCC(CC)COCCC[NH3+].O=C(O)c1ccccc1[O-]. The number of benzene rings is 1. The van der Waals surface area contributed by atoms with Gasteiger partial charge in [0.05, 0.1) is 18.7 Å². The number of quaternary nitrogens is 1. The Morgan fingerprint density at radius 2 is 2.00 bits per heavy atom. The molecule has 132 valence electrons. The molecule has 5 heteroatoms. The molecule has 1 rings (SSSR count). The molecular formula is C18H31NO4. The zero-order valence-electron chi connectivity index (χ0n) is 14.4. The van der Waals surface area contributed by atoms with Crippen molar-refractivity contribution in [3.8, 4) is 5.75 Å². The van der Waals surface area contributed by atoms with E-state index in [4.69, 9.17) is 9.84 Å². The molecule has 0 aliphatic heterocycles. The Kier molecular flexibility index (Phi) is 13.1. The van der Waals surface area contributed by atoms with Crippen LogP contribution in [0.1, 0.15) is 56.3 Å². The lowest BCUT2D eigenvalue weighted by Gasteiger charge is -2.13. The highest BCUT2D eigenvalue weighted by Crippen LogP contribution is 2.12. The van der Waals surface area contributed by atoms with E-state index in [-0.39, 0.29) is 5.56 Å². The van der Waals surface area contributed by atoms with Gasteiger partial charge >= 0.3 is 5.97 Å². The third-order valence-electron chi connectivity index (χ3n) is 3.55. The van der Waals surface area contributed by atoms with Crippen molar-refractivity contribution in [3.05, 3.63) is 29.8 Å². The third-order valence-corrected chi connectivity index (χ3v) is 3.55. The van der Waals surface area contributed by atoms with Crippen molar-refractivity contribution in [2.75, 3.05) is 19.8 Å². The molecule has 1 atom stereocenters. The molecule has 0 heterocycles. The predicted octanol–water partition coefficient (Wildman–Crippen LogP) is 2.31. The first-order valence-corrected chi connectivity index (χ1v) is 8.43. The highest BCUT2D eigenvalue weighted by atomic mass is 16.5. The van der Waals surface area contributed by atoms with E-state index in [9.17, 15) is 9.90 Å². The molecule has 0 spiro atoms. The summed E-state index contributed by atoms with van der Waals surface area (Å²) in [6.45, 7) is 7.34. The molecule has 0 aliphatic carbocycles. The number of ether oxygens (including phenoxy) is 1. The summed E-state index contributed by atoms with van der Waals surface area (Å²) in [6, 6.07) is 5.54. The van der Waals surface area contributed by atoms with Crippen LogP contribution < -0.4 is 10.8 Å². The maximum absolute atomic E-state index is 10.7. The van der Waals surface area contributed by atoms with Gasteiger partial charge in [0.2, 0.25) is 0 Å². The van der Waals surface area contributed by atoms with Crippen LogP contribution in [0.3, 0.4) is 0 Å². The summed E-state index contributed by atoms with van der Waals surface area (Å²) in [4.78, 5) is 10.2. The average Bonchev–Trinajstić information content (AvgIpc) is 2.55. The molecule has 0 saturated carbocycles. The van der Waals surface area contributed by atoms with E-state index in [1.165, 1.54) is 49.9 Å². The van der Waals surface area contributed by atoms with Gasteiger partial charge in [0, 0.05) is 13.0 Å². The van der Waals surface area contributed by atoms with Crippen molar-refractivity contribution in [1.82, 2.24) is 0 Å². The number of hydrogen-bond acceptors (Lipinski definition) is 3. The lowest BCUT2D eigenvalue weighted by Crippen LogP contribution is -2.50. The molecule has 0 fully saturated rings. The van der Waals surface area contributed by atoms with Crippen LogP contribution in [-0.4, -0.2) is 30.8 Å². The van der Waals surface area contributed by atoms with Crippen LogP contribution >= 0.6 is 0 Å². The largest absolute Gasteiger partial charge is 0.872 e. The maximum atomic E-state index is 10.7. The van der Waals surface area contributed by atoms with Crippen molar-refractivity contribution >= 4 is 5.97 Å². The van der Waals surface area contributed by atoms with E-state index in [1.807, 2.05) is 0 Å². The number of carbonyl (C=O) groups is 1. The molecule has 0 saturated heterocycles. The second kappa shape index (κ2) is 14.0. The second-order valence-electron chi connectivity index (χ2n) is 5.50. The van der Waals surface area contributed by atoms with Crippen LogP contribution in [-0.2, 0) is 4.74 Å². The molecule has 0 bridgehead atoms. The minimum absolute atomic E-state index is 0.178. The monoisotopic (exact) mass is 325 g/mol. The smallest absolute Gasteiger partial charge is 0.335 e. The number of unbranched alkanes of at least 4 members (excludes halogenated alkanes) is 1. The Morgan fingerprint density at radius 1 is 1.30 bits per heavy atom. The minimum Gasteiger partial charge on any atom is -0.872 e. The van der Waals surface area contributed by atoms with Crippen LogP contribution in [0.15, 0.2) is 24.3 Å². The lowest BCUT2D eigenvalue weighted by molar-refractivity contribution is -0.369. The highest BCUT2D eigenvalue weighted by Gasteiger charge is 2.05. The molecule has 0 aromatic heterocycles. The summed E-state index contributed by atoms with van der Waals surface area (Å²) >= 11 is 0. The van der Waals surface area contributed by atoms with Crippen LogP contribution in [0.2, 0.25) is 0 Å². The van der Waals surface area contributed by atoms with E-state index in [2.05, 4.69) is 19.6 Å². The Bertz CT molecular complexity index is 423. The summed E-state index contributed by atoms with van der Waals surface area (Å²) in [5.41, 5.74) is 3.61. The first kappa shape index (κ1) is 21.4. The zero-order chi connectivity index (χ0) is 17.5. The van der Waals surface area contributed by atoms with Crippen molar-refractivity contribution in [3.63, 3.8) is 0 Å². The van der Waals surface area contributed by atoms with E-state index >= 15 is 0 Å². The lowest BCUT2D eigenvalue weighted by atomic mass is 10.0. The Labute approximate surface area is 139 Å². The van der Waals surface area contributed by atoms with Crippen molar-refractivity contribution in [1.29, 1.82) is 0 Å². The number of rotatable bonds is 10. The first-order chi connectivity index (χ1) is 11.1. The van der Waals surface area contributed by atoms with Gasteiger partial charge in [-0.3, -0.25) is 0 Å². The van der Waals surface area contributed by atoms with Gasteiger partial charge in [-0.05, 0) is 18.4 Å². The van der Waals surface area contributed by atoms with Gasteiger partial charge < -0.3 is 20.7 Å². The van der Waals surface area contributed by atoms with Gasteiger partial charge in [0.15, 0.2) is 0 Å². The fourth-order valence-corrected chi connectivity index (χ4v) is 2.00. The summed E-state index contributed by atoms with van der Waals surface area (Å²) in [7, 11) is 0. The van der Waals surface area contributed by atoms with E-state index in [0.717, 1.165) is 32.1 Å². The van der Waals surface area contributed by atoms with Gasteiger partial charge in [-0.15, -0.1) is 0 Å². The first-order valence-electron chi connectivity index (χ1n) is 8.43. The van der Waals surface area contributed by atoms with Gasteiger partial charge in [-0.1, -0.05) is 57.1 Å². The summed E-state index contributed by atoms with van der Waals surface area (Å²) in [6.07, 6.45) is 6.33. The fourth-order valence-electron chi connectivity index (χ4n) is 2.00. The topological polar surface area (TPSA) is 97.2 Å². The summed E-state index contributed by atoms with van der Waals surface area (Å²) < 4.78 is 5.58. The maximum Gasteiger partial charge on any atom is 0.335 e. The molecule has 0 amide bonds. The van der Waals surface area contributed by atoms with Crippen molar-refractivity contribution < 1.29 is 25.5 Å². The van der Waals surface area contributed by atoms with Crippen molar-refractivity contribution in [2.24, 2.45) is 5.92 Å². The molecule has 5 nitrogen and oxygen atoms in total. The van der Waals surface area contributed by atoms with E-state index < -0.39 is 11.7 Å². The number of carboxylic acids is 1. The molecule has 1 aromatic rings. The highest BCUT2D eigenvalue weighted by molar-refractivity contribution is 5.90. The Hall–Kier alpha value is -1.59. The Balaban J connectivity index is 0.000000433. The zero-order valence-corrected chi connectivity index (χ0v) is 14.4. The van der Waals surface area contributed by atoms with Gasteiger partial charge in [0.1, 0.15) is 0 Å². The third kappa shape index (κ3) is 10.7. The summed E-state index contributed by atoms with van der Waals surface area (Å²) in [5.74, 6) is -0.842. The number of para-hydroxylation sites is 1. The molecule has 1 unspecified atom stereocenters. The molecule has 0 radical (unpaired) electrons. The molecule has 23 heavy (non-hydrogen) atoms. The van der Waals surface area contributed by atoms with Crippen LogP contribution in [0.4, 0.5) is 0 Å². The van der Waals surface area contributed by atoms with Gasteiger partial charge in [-0.25, -0.2) is 4.79 Å². The predicted molar refractivity (Wildman–Crippen MR) is 89.3 cm³/mol. The molecule has 1 aromatic carbocycles.